The summed E-state index contributed by atoms with van der Waals surface area (Å²) in [6.07, 6.45) is 0.521. The van der Waals surface area contributed by atoms with Crippen LogP contribution >= 0.6 is 0 Å². The minimum absolute atomic E-state index is 0.132. The molecule has 1 aliphatic heterocycles. The van der Waals surface area contributed by atoms with Crippen molar-refractivity contribution >= 4 is 29.1 Å². The second kappa shape index (κ2) is 8.26. The third-order valence-corrected chi connectivity index (χ3v) is 4.85. The van der Waals surface area contributed by atoms with E-state index in [1.165, 1.54) is 9.91 Å². The Kier molecular flexibility index (Phi) is 5.77. The summed E-state index contributed by atoms with van der Waals surface area (Å²) in [6.45, 7) is 4.16. The Hall–Kier alpha value is -3.48. The second-order valence-corrected chi connectivity index (χ2v) is 7.27. The van der Waals surface area contributed by atoms with Gasteiger partial charge in [-0.25, -0.2) is 5.01 Å². The summed E-state index contributed by atoms with van der Waals surface area (Å²) in [5.41, 5.74) is 9.45. The van der Waals surface area contributed by atoms with Gasteiger partial charge in [-0.05, 0) is 48.7 Å². The second-order valence-electron chi connectivity index (χ2n) is 7.27. The number of anilines is 1. The molecule has 0 saturated carbocycles. The molecule has 0 aromatic heterocycles. The van der Waals surface area contributed by atoms with Gasteiger partial charge in [0, 0.05) is 32.0 Å². The van der Waals surface area contributed by atoms with Crippen LogP contribution in [0.5, 0.6) is 0 Å². The minimum Gasteiger partial charge on any atom is -0.366 e. The van der Waals surface area contributed by atoms with Gasteiger partial charge in [-0.2, -0.15) is 5.10 Å². The Morgan fingerprint density at radius 3 is 2.62 bits per heavy atom. The van der Waals surface area contributed by atoms with E-state index in [2.05, 4.69) is 5.10 Å². The van der Waals surface area contributed by atoms with Crippen LogP contribution in [0.3, 0.4) is 0 Å². The molecular formula is C22H24N4O3. The van der Waals surface area contributed by atoms with Crippen molar-refractivity contribution in [2.75, 3.05) is 12.1 Å². The third kappa shape index (κ3) is 4.51. The molecule has 0 bridgehead atoms. The first-order valence-electron chi connectivity index (χ1n) is 9.38. The lowest BCUT2D eigenvalue weighted by Crippen LogP contribution is -2.40. The first-order chi connectivity index (χ1) is 13.8. The molecule has 7 nitrogen and oxygen atoms in total. The SMILES string of the molecule is Cc1ccc(C)c(N2N=C(C(=O)N(C)Cc3cccc(C(N)=O)c3)CCC2=O)c1. The number of nitrogens with zero attached hydrogens (tertiary/aromatic N) is 3. The molecule has 2 aromatic carbocycles. The highest BCUT2D eigenvalue weighted by molar-refractivity contribution is 6.40. The molecular weight excluding hydrogens is 368 g/mol. The molecule has 7 heteroatoms. The largest absolute Gasteiger partial charge is 0.366 e. The predicted octanol–water partition coefficient (Wildman–Crippen LogP) is 2.54. The number of aryl methyl sites for hydroxylation is 2. The van der Waals surface area contributed by atoms with E-state index < -0.39 is 5.91 Å². The van der Waals surface area contributed by atoms with Crippen molar-refractivity contribution in [2.45, 2.75) is 33.2 Å². The number of nitrogens with two attached hydrogens (primary N) is 1. The molecule has 0 fully saturated rings. The fourth-order valence-corrected chi connectivity index (χ4v) is 3.23. The first kappa shape index (κ1) is 20.3. The average molecular weight is 392 g/mol. The van der Waals surface area contributed by atoms with Crippen molar-refractivity contribution in [2.24, 2.45) is 10.8 Å². The molecule has 3 rings (SSSR count). The van der Waals surface area contributed by atoms with Gasteiger partial charge in [0.1, 0.15) is 5.71 Å². The van der Waals surface area contributed by atoms with E-state index in [4.69, 9.17) is 5.73 Å². The highest BCUT2D eigenvalue weighted by atomic mass is 16.2. The van der Waals surface area contributed by atoms with Gasteiger partial charge in [0.25, 0.3) is 5.91 Å². The number of benzene rings is 2. The van der Waals surface area contributed by atoms with Crippen LogP contribution in [0.25, 0.3) is 0 Å². The monoisotopic (exact) mass is 392 g/mol. The zero-order chi connectivity index (χ0) is 21.1. The first-order valence-corrected chi connectivity index (χ1v) is 9.38. The van der Waals surface area contributed by atoms with Crippen molar-refractivity contribution < 1.29 is 14.4 Å². The van der Waals surface area contributed by atoms with E-state index in [1.54, 1.807) is 25.2 Å². The topological polar surface area (TPSA) is 96.1 Å². The van der Waals surface area contributed by atoms with E-state index >= 15 is 0 Å². The Labute approximate surface area is 169 Å². The number of hydrogen-bond donors (Lipinski definition) is 1. The van der Waals surface area contributed by atoms with Crippen LogP contribution < -0.4 is 10.7 Å². The fraction of sp³-hybridized carbons (Fsp3) is 0.273. The minimum atomic E-state index is -0.514. The molecule has 3 amide bonds. The van der Waals surface area contributed by atoms with Gasteiger partial charge in [-0.3, -0.25) is 14.4 Å². The van der Waals surface area contributed by atoms with Crippen LogP contribution in [0, 0.1) is 13.8 Å². The molecule has 1 aliphatic rings. The molecule has 1 heterocycles. The molecule has 0 aliphatic carbocycles. The van der Waals surface area contributed by atoms with Gasteiger partial charge in [0.15, 0.2) is 0 Å². The van der Waals surface area contributed by atoms with Gasteiger partial charge < -0.3 is 10.6 Å². The Morgan fingerprint density at radius 1 is 1.14 bits per heavy atom. The van der Waals surface area contributed by atoms with Crippen molar-refractivity contribution in [3.05, 3.63) is 64.7 Å². The highest BCUT2D eigenvalue weighted by Crippen LogP contribution is 2.25. The lowest BCUT2D eigenvalue weighted by molar-refractivity contribution is -0.123. The molecule has 2 N–H and O–H groups in total. The third-order valence-electron chi connectivity index (χ3n) is 4.85. The number of carbonyl (C=O) groups is 3. The number of carbonyl (C=O) groups excluding carboxylic acids is 3. The predicted molar refractivity (Wildman–Crippen MR) is 112 cm³/mol. The van der Waals surface area contributed by atoms with E-state index in [9.17, 15) is 14.4 Å². The number of hydrogen-bond acceptors (Lipinski definition) is 4. The Bertz CT molecular complexity index is 1010. The molecule has 0 saturated heterocycles. The average Bonchev–Trinajstić information content (AvgIpc) is 2.70. The van der Waals surface area contributed by atoms with Crippen LogP contribution in [0.1, 0.15) is 39.9 Å². The van der Waals surface area contributed by atoms with E-state index in [-0.39, 0.29) is 18.2 Å². The van der Waals surface area contributed by atoms with Gasteiger partial charge >= 0.3 is 0 Å². The molecule has 2 aromatic rings. The molecule has 0 unspecified atom stereocenters. The van der Waals surface area contributed by atoms with Crippen LogP contribution in [-0.2, 0) is 16.1 Å². The summed E-state index contributed by atoms with van der Waals surface area (Å²) in [6, 6.07) is 12.6. The zero-order valence-electron chi connectivity index (χ0n) is 16.8. The quantitative estimate of drug-likeness (QED) is 0.847. The Morgan fingerprint density at radius 2 is 1.90 bits per heavy atom. The number of primary amides is 1. The van der Waals surface area contributed by atoms with Crippen LogP contribution in [0.2, 0.25) is 0 Å². The van der Waals surface area contributed by atoms with Crippen molar-refractivity contribution in [1.29, 1.82) is 0 Å². The van der Waals surface area contributed by atoms with Crippen molar-refractivity contribution in [3.8, 4) is 0 Å². The number of hydrazone groups is 1. The fourth-order valence-electron chi connectivity index (χ4n) is 3.23. The molecule has 0 atom stereocenters. The van der Waals surface area contributed by atoms with Crippen molar-refractivity contribution in [3.63, 3.8) is 0 Å². The molecule has 29 heavy (non-hydrogen) atoms. The molecule has 0 radical (unpaired) electrons. The van der Waals surface area contributed by atoms with E-state index in [0.29, 0.717) is 29.9 Å². The lowest BCUT2D eigenvalue weighted by atomic mass is 10.1. The normalized spacial score (nSPS) is 13.8. The summed E-state index contributed by atoms with van der Waals surface area (Å²) >= 11 is 0. The molecule has 0 spiro atoms. The van der Waals surface area contributed by atoms with Gasteiger partial charge in [-0.15, -0.1) is 0 Å². The van der Waals surface area contributed by atoms with Gasteiger partial charge in [0.05, 0.1) is 5.69 Å². The number of rotatable bonds is 5. The summed E-state index contributed by atoms with van der Waals surface area (Å²) in [5.74, 6) is -0.899. The van der Waals surface area contributed by atoms with E-state index in [0.717, 1.165) is 16.7 Å². The Balaban J connectivity index is 1.82. The maximum atomic E-state index is 12.9. The lowest BCUT2D eigenvalue weighted by Gasteiger charge is -2.26. The van der Waals surface area contributed by atoms with Crippen LogP contribution in [0.4, 0.5) is 5.69 Å². The number of amides is 3. The van der Waals surface area contributed by atoms with E-state index in [1.807, 2.05) is 38.1 Å². The standard InChI is InChI=1S/C22H24N4O3/c1-14-7-8-15(2)19(11-14)26-20(27)10-9-18(24-26)22(29)25(3)13-16-5-4-6-17(12-16)21(23)28/h4-8,11-12H,9-10,13H2,1-3H3,(H2,23,28). The van der Waals surface area contributed by atoms with Crippen LogP contribution in [-0.4, -0.2) is 35.4 Å². The summed E-state index contributed by atoms with van der Waals surface area (Å²) in [5, 5.41) is 5.71. The summed E-state index contributed by atoms with van der Waals surface area (Å²) < 4.78 is 0. The van der Waals surface area contributed by atoms with Gasteiger partial charge in [0.2, 0.25) is 11.8 Å². The maximum absolute atomic E-state index is 12.9. The summed E-state index contributed by atoms with van der Waals surface area (Å²) in [4.78, 5) is 38.2. The molecule has 150 valence electrons. The summed E-state index contributed by atoms with van der Waals surface area (Å²) in [7, 11) is 1.67. The van der Waals surface area contributed by atoms with Crippen molar-refractivity contribution in [1.82, 2.24) is 4.90 Å². The highest BCUT2D eigenvalue weighted by Gasteiger charge is 2.28. The zero-order valence-corrected chi connectivity index (χ0v) is 16.8. The van der Waals surface area contributed by atoms with Crippen LogP contribution in [0.15, 0.2) is 47.6 Å². The smallest absolute Gasteiger partial charge is 0.270 e. The maximum Gasteiger partial charge on any atom is 0.270 e. The van der Waals surface area contributed by atoms with Gasteiger partial charge in [-0.1, -0.05) is 24.3 Å².